The molecule has 0 aromatic carbocycles. The summed E-state index contributed by atoms with van der Waals surface area (Å²) in [6, 6.07) is 0. The summed E-state index contributed by atoms with van der Waals surface area (Å²) in [4.78, 5) is 10.0. The van der Waals surface area contributed by atoms with Crippen molar-refractivity contribution < 1.29 is 14.6 Å². The van der Waals surface area contributed by atoms with Gasteiger partial charge in [-0.1, -0.05) is 19.6 Å². The number of hydrogen-bond acceptors (Lipinski definition) is 2. The molecule has 62 valence electrons. The predicted octanol–water partition coefficient (Wildman–Crippen LogP) is 1.42. The highest BCUT2D eigenvalue weighted by atomic mass is 16.5. The minimum Gasteiger partial charge on any atom is -0.501 e. The number of carbonyl (C=O) groups is 1. The van der Waals surface area contributed by atoms with E-state index in [1.165, 1.54) is 6.26 Å². The van der Waals surface area contributed by atoms with E-state index in [-0.39, 0.29) is 5.92 Å². The van der Waals surface area contributed by atoms with Gasteiger partial charge in [0.1, 0.15) is 0 Å². The molecular formula is C8H12O3. The Bertz CT molecular complexity index is 161. The topological polar surface area (TPSA) is 46.5 Å². The molecule has 0 spiro atoms. The third kappa shape index (κ3) is 6.64. The fraction of sp³-hybridized carbons (Fsp3) is 0.375. The molecule has 11 heavy (non-hydrogen) atoms. The normalized spacial score (nSPS) is 12.8. The van der Waals surface area contributed by atoms with Crippen LogP contribution in [0.2, 0.25) is 0 Å². The number of rotatable bonds is 5. The molecule has 0 aromatic heterocycles. The molecule has 0 aromatic rings. The van der Waals surface area contributed by atoms with Crippen molar-refractivity contribution in [2.75, 3.05) is 6.61 Å². The summed E-state index contributed by atoms with van der Waals surface area (Å²) in [5, 5.41) is 8.24. The molecule has 1 atom stereocenters. The highest BCUT2D eigenvalue weighted by molar-refractivity contribution is 5.79. The van der Waals surface area contributed by atoms with Crippen LogP contribution in [0.1, 0.15) is 6.92 Å². The molecule has 0 heterocycles. The molecule has 0 aliphatic carbocycles. The molecule has 1 unspecified atom stereocenters. The van der Waals surface area contributed by atoms with E-state index in [0.717, 1.165) is 6.08 Å². The summed E-state index contributed by atoms with van der Waals surface area (Å²) in [5.74, 6) is -0.834. The van der Waals surface area contributed by atoms with Crippen molar-refractivity contribution in [2.24, 2.45) is 5.92 Å². The van der Waals surface area contributed by atoms with Crippen molar-refractivity contribution >= 4 is 5.97 Å². The Morgan fingerprint density at radius 2 is 2.45 bits per heavy atom. The smallest absolute Gasteiger partial charge is 0.327 e. The molecule has 3 heteroatoms. The molecule has 0 saturated heterocycles. The van der Waals surface area contributed by atoms with E-state index in [1.807, 2.05) is 6.92 Å². The standard InChI is InChI=1S/C8H12O3/c1-3-11-6-7(2)4-5-8(9)10/h3-5,7H,1,6H2,2H3,(H,9,10). The Morgan fingerprint density at radius 1 is 1.82 bits per heavy atom. The summed E-state index contributed by atoms with van der Waals surface area (Å²) in [5.41, 5.74) is 0. The third-order valence-corrected chi connectivity index (χ3v) is 1.04. The van der Waals surface area contributed by atoms with Crippen molar-refractivity contribution in [2.45, 2.75) is 6.92 Å². The molecule has 3 nitrogen and oxygen atoms in total. The minimum atomic E-state index is -0.935. The Kier molecular flexibility index (Phi) is 4.90. The molecule has 0 bridgehead atoms. The van der Waals surface area contributed by atoms with Crippen molar-refractivity contribution in [1.29, 1.82) is 0 Å². The largest absolute Gasteiger partial charge is 0.501 e. The van der Waals surface area contributed by atoms with E-state index in [2.05, 4.69) is 6.58 Å². The zero-order chi connectivity index (χ0) is 8.69. The van der Waals surface area contributed by atoms with E-state index in [4.69, 9.17) is 9.84 Å². The van der Waals surface area contributed by atoms with E-state index >= 15 is 0 Å². The molecule has 0 saturated carbocycles. The summed E-state index contributed by atoms with van der Waals surface area (Å²) >= 11 is 0. The van der Waals surface area contributed by atoms with Crippen LogP contribution in [-0.2, 0) is 9.53 Å². The lowest BCUT2D eigenvalue weighted by atomic mass is 10.2. The van der Waals surface area contributed by atoms with Crippen LogP contribution in [-0.4, -0.2) is 17.7 Å². The molecule has 0 aliphatic heterocycles. The van der Waals surface area contributed by atoms with E-state index < -0.39 is 5.97 Å². The number of carboxylic acids is 1. The first kappa shape index (κ1) is 9.75. The van der Waals surface area contributed by atoms with Crippen molar-refractivity contribution in [3.8, 4) is 0 Å². The van der Waals surface area contributed by atoms with Gasteiger partial charge in [-0.25, -0.2) is 4.79 Å². The molecule has 0 fully saturated rings. The maximum Gasteiger partial charge on any atom is 0.327 e. The van der Waals surface area contributed by atoms with Crippen LogP contribution in [0.5, 0.6) is 0 Å². The second-order valence-corrected chi connectivity index (χ2v) is 2.17. The van der Waals surface area contributed by atoms with Crippen LogP contribution in [0.4, 0.5) is 0 Å². The lowest BCUT2D eigenvalue weighted by Crippen LogP contribution is -2.00. The zero-order valence-corrected chi connectivity index (χ0v) is 6.49. The highest BCUT2D eigenvalue weighted by Gasteiger charge is 1.95. The van der Waals surface area contributed by atoms with Gasteiger partial charge in [-0.3, -0.25) is 0 Å². The second kappa shape index (κ2) is 5.53. The van der Waals surface area contributed by atoms with Crippen LogP contribution in [0.25, 0.3) is 0 Å². The van der Waals surface area contributed by atoms with Gasteiger partial charge in [0.25, 0.3) is 0 Å². The second-order valence-electron chi connectivity index (χ2n) is 2.17. The Labute approximate surface area is 66.0 Å². The first-order chi connectivity index (χ1) is 5.16. The average Bonchev–Trinajstić information content (AvgIpc) is 1.97. The van der Waals surface area contributed by atoms with Gasteiger partial charge in [0, 0.05) is 12.0 Å². The van der Waals surface area contributed by atoms with Crippen LogP contribution in [0.3, 0.4) is 0 Å². The van der Waals surface area contributed by atoms with Gasteiger partial charge in [-0.05, 0) is 0 Å². The molecule has 0 aliphatic rings. The minimum absolute atomic E-state index is 0.101. The van der Waals surface area contributed by atoms with Gasteiger partial charge >= 0.3 is 5.97 Å². The van der Waals surface area contributed by atoms with Crippen molar-refractivity contribution in [3.63, 3.8) is 0 Å². The Hall–Kier alpha value is -1.25. The van der Waals surface area contributed by atoms with Crippen molar-refractivity contribution in [1.82, 2.24) is 0 Å². The monoisotopic (exact) mass is 156 g/mol. The zero-order valence-electron chi connectivity index (χ0n) is 6.49. The van der Waals surface area contributed by atoms with E-state index in [0.29, 0.717) is 6.61 Å². The van der Waals surface area contributed by atoms with Gasteiger partial charge in [-0.2, -0.15) is 0 Å². The lowest BCUT2D eigenvalue weighted by Gasteiger charge is -2.03. The summed E-state index contributed by atoms with van der Waals surface area (Å²) < 4.78 is 4.85. The average molecular weight is 156 g/mol. The maximum atomic E-state index is 10.0. The molecule has 0 amide bonds. The van der Waals surface area contributed by atoms with Crippen molar-refractivity contribution in [3.05, 3.63) is 25.0 Å². The molecule has 0 radical (unpaired) electrons. The first-order valence-corrected chi connectivity index (χ1v) is 3.30. The van der Waals surface area contributed by atoms with Gasteiger partial charge in [0.2, 0.25) is 0 Å². The third-order valence-electron chi connectivity index (χ3n) is 1.04. The highest BCUT2D eigenvalue weighted by Crippen LogP contribution is 1.97. The Balaban J connectivity index is 3.58. The van der Waals surface area contributed by atoms with Gasteiger partial charge in [0.15, 0.2) is 0 Å². The van der Waals surface area contributed by atoms with Crippen LogP contribution >= 0.6 is 0 Å². The first-order valence-electron chi connectivity index (χ1n) is 3.30. The maximum absolute atomic E-state index is 10.0. The number of hydrogen-bond donors (Lipinski definition) is 1. The lowest BCUT2D eigenvalue weighted by molar-refractivity contribution is -0.131. The van der Waals surface area contributed by atoms with Gasteiger partial charge in [0.05, 0.1) is 12.9 Å². The summed E-state index contributed by atoms with van der Waals surface area (Å²) in [6.07, 6.45) is 4.02. The molecular weight excluding hydrogens is 144 g/mol. The quantitative estimate of drug-likeness (QED) is 0.483. The SMILES string of the molecule is C=COCC(C)C=CC(=O)O. The van der Waals surface area contributed by atoms with Crippen LogP contribution in [0.15, 0.2) is 25.0 Å². The fourth-order valence-electron chi connectivity index (χ4n) is 0.522. The van der Waals surface area contributed by atoms with E-state index in [1.54, 1.807) is 6.08 Å². The number of aliphatic carboxylic acids is 1. The molecule has 0 rings (SSSR count). The summed E-state index contributed by atoms with van der Waals surface area (Å²) in [6.45, 7) is 5.69. The fourth-order valence-corrected chi connectivity index (χ4v) is 0.522. The van der Waals surface area contributed by atoms with Gasteiger partial charge in [-0.15, -0.1) is 0 Å². The molecule has 1 N–H and O–H groups in total. The predicted molar refractivity (Wildman–Crippen MR) is 42.1 cm³/mol. The number of carboxylic acid groups (broad SMARTS) is 1. The Morgan fingerprint density at radius 3 is 2.91 bits per heavy atom. The summed E-state index contributed by atoms with van der Waals surface area (Å²) in [7, 11) is 0. The van der Waals surface area contributed by atoms with Crippen LogP contribution in [0, 0.1) is 5.92 Å². The van der Waals surface area contributed by atoms with Gasteiger partial charge < -0.3 is 9.84 Å². The van der Waals surface area contributed by atoms with E-state index in [9.17, 15) is 4.79 Å². The van der Waals surface area contributed by atoms with Crippen LogP contribution < -0.4 is 0 Å². The number of ether oxygens (including phenoxy) is 1.